The number of hydrogen-bond acceptors (Lipinski definition) is 5. The molecule has 2 amide bonds. The van der Waals surface area contributed by atoms with Crippen LogP contribution in [0, 0.1) is 5.82 Å². The van der Waals surface area contributed by atoms with Crippen molar-refractivity contribution >= 4 is 28.5 Å². The number of hydrogen-bond donors (Lipinski definition) is 1. The molecule has 1 aromatic heterocycles. The zero-order valence-electron chi connectivity index (χ0n) is 14.5. The number of nitrogens with zero attached hydrogens (tertiary/aromatic N) is 2. The van der Waals surface area contributed by atoms with Crippen molar-refractivity contribution in [2.24, 2.45) is 0 Å². The number of thiazole rings is 1. The van der Waals surface area contributed by atoms with Gasteiger partial charge in [-0.2, -0.15) is 0 Å². The zero-order valence-corrected chi connectivity index (χ0v) is 15.3. The van der Waals surface area contributed by atoms with Gasteiger partial charge in [0.1, 0.15) is 18.0 Å². The minimum absolute atomic E-state index is 0.163. The number of aromatic nitrogens is 1. The molecule has 25 heavy (non-hydrogen) atoms. The molecule has 0 saturated heterocycles. The van der Waals surface area contributed by atoms with Crippen LogP contribution in [-0.2, 0) is 9.53 Å². The van der Waals surface area contributed by atoms with E-state index in [1.165, 1.54) is 35.4 Å². The third-order valence-electron chi connectivity index (χ3n) is 2.96. The van der Waals surface area contributed by atoms with Crippen molar-refractivity contribution in [3.05, 3.63) is 35.5 Å². The lowest BCUT2D eigenvalue weighted by Gasteiger charge is -2.24. The molecule has 2 aromatic rings. The molecule has 1 N–H and O–H groups in total. The van der Waals surface area contributed by atoms with E-state index in [9.17, 15) is 14.0 Å². The summed E-state index contributed by atoms with van der Waals surface area (Å²) in [5, 5.41) is 4.72. The second kappa shape index (κ2) is 7.60. The standard InChI is InChI=1S/C17H20FN3O3S/c1-17(2,3)24-16(23)21(4)9-14(22)20-15-19-13(10-25-15)11-6-5-7-12(18)8-11/h5-8,10H,9H2,1-4H3,(H,19,20,22). The fourth-order valence-corrected chi connectivity index (χ4v) is 2.63. The van der Waals surface area contributed by atoms with Gasteiger partial charge in [-0.15, -0.1) is 11.3 Å². The minimum atomic E-state index is -0.628. The summed E-state index contributed by atoms with van der Waals surface area (Å²) in [6.07, 6.45) is -0.581. The Morgan fingerprint density at radius 1 is 1.36 bits per heavy atom. The fourth-order valence-electron chi connectivity index (χ4n) is 1.89. The lowest BCUT2D eigenvalue weighted by atomic mass is 10.2. The summed E-state index contributed by atoms with van der Waals surface area (Å²) in [6.45, 7) is 5.09. The SMILES string of the molecule is CN(CC(=O)Nc1nc(-c2cccc(F)c2)cs1)C(=O)OC(C)(C)C. The molecule has 0 aliphatic carbocycles. The highest BCUT2D eigenvalue weighted by Crippen LogP contribution is 2.25. The van der Waals surface area contributed by atoms with Crippen LogP contribution in [0.4, 0.5) is 14.3 Å². The van der Waals surface area contributed by atoms with Gasteiger partial charge in [0.15, 0.2) is 5.13 Å². The maximum absolute atomic E-state index is 13.3. The van der Waals surface area contributed by atoms with Gasteiger partial charge >= 0.3 is 6.09 Å². The van der Waals surface area contributed by atoms with E-state index in [1.807, 2.05) is 0 Å². The first kappa shape index (κ1) is 18.9. The highest BCUT2D eigenvalue weighted by molar-refractivity contribution is 7.14. The van der Waals surface area contributed by atoms with Crippen molar-refractivity contribution in [3.63, 3.8) is 0 Å². The normalized spacial score (nSPS) is 11.1. The smallest absolute Gasteiger partial charge is 0.410 e. The minimum Gasteiger partial charge on any atom is -0.444 e. The van der Waals surface area contributed by atoms with Crippen LogP contribution in [-0.4, -0.2) is 41.1 Å². The summed E-state index contributed by atoms with van der Waals surface area (Å²) in [6, 6.07) is 6.06. The van der Waals surface area contributed by atoms with E-state index in [2.05, 4.69) is 10.3 Å². The Labute approximate surface area is 149 Å². The van der Waals surface area contributed by atoms with Crippen molar-refractivity contribution < 1.29 is 18.7 Å². The van der Waals surface area contributed by atoms with Crippen molar-refractivity contribution in [2.45, 2.75) is 26.4 Å². The fraction of sp³-hybridized carbons (Fsp3) is 0.353. The van der Waals surface area contributed by atoms with E-state index in [1.54, 1.807) is 38.3 Å². The number of nitrogens with one attached hydrogen (secondary N) is 1. The number of likely N-dealkylation sites (N-methyl/N-ethyl adjacent to an activating group) is 1. The van der Waals surface area contributed by atoms with Gasteiger partial charge in [0.25, 0.3) is 0 Å². The average molecular weight is 365 g/mol. The predicted octanol–water partition coefficient (Wildman–Crippen LogP) is 3.75. The highest BCUT2D eigenvalue weighted by atomic mass is 32.1. The molecule has 0 aliphatic heterocycles. The molecule has 2 rings (SSSR count). The molecule has 0 spiro atoms. The van der Waals surface area contributed by atoms with Crippen molar-refractivity contribution in [2.75, 3.05) is 18.9 Å². The summed E-state index contributed by atoms with van der Waals surface area (Å²) in [4.78, 5) is 29.3. The molecule has 8 heteroatoms. The van der Waals surface area contributed by atoms with Crippen LogP contribution in [0.5, 0.6) is 0 Å². The molecule has 0 aliphatic rings. The summed E-state index contributed by atoms with van der Waals surface area (Å²) in [5.74, 6) is -0.747. The lowest BCUT2D eigenvalue weighted by Crippen LogP contribution is -2.38. The zero-order chi connectivity index (χ0) is 18.6. The van der Waals surface area contributed by atoms with Gasteiger partial charge in [-0.25, -0.2) is 14.2 Å². The topological polar surface area (TPSA) is 71.5 Å². The van der Waals surface area contributed by atoms with Gasteiger partial charge in [0.2, 0.25) is 5.91 Å². The summed E-state index contributed by atoms with van der Waals surface area (Å²) < 4.78 is 18.4. The van der Waals surface area contributed by atoms with E-state index in [-0.39, 0.29) is 12.4 Å². The second-order valence-electron chi connectivity index (χ2n) is 6.43. The Kier molecular flexibility index (Phi) is 5.73. The first-order valence-corrected chi connectivity index (χ1v) is 8.47. The first-order chi connectivity index (χ1) is 11.6. The van der Waals surface area contributed by atoms with Gasteiger partial charge in [0, 0.05) is 18.0 Å². The van der Waals surface area contributed by atoms with Crippen LogP contribution < -0.4 is 5.32 Å². The summed E-state index contributed by atoms with van der Waals surface area (Å²) in [5.41, 5.74) is 0.569. The lowest BCUT2D eigenvalue weighted by molar-refractivity contribution is -0.117. The van der Waals surface area contributed by atoms with Gasteiger partial charge in [-0.3, -0.25) is 4.79 Å². The van der Waals surface area contributed by atoms with Crippen molar-refractivity contribution in [1.82, 2.24) is 9.88 Å². The van der Waals surface area contributed by atoms with Gasteiger partial charge < -0.3 is 15.0 Å². The third-order valence-corrected chi connectivity index (χ3v) is 3.71. The number of carbonyl (C=O) groups excluding carboxylic acids is 2. The van der Waals surface area contributed by atoms with Crippen LogP contribution in [0.25, 0.3) is 11.3 Å². The molecular weight excluding hydrogens is 345 g/mol. The summed E-state index contributed by atoms with van der Waals surface area (Å²) >= 11 is 1.22. The maximum Gasteiger partial charge on any atom is 0.410 e. The Bertz CT molecular complexity index is 770. The molecule has 1 aromatic carbocycles. The Morgan fingerprint density at radius 3 is 2.72 bits per heavy atom. The number of amides is 2. The number of anilines is 1. The average Bonchev–Trinajstić information content (AvgIpc) is 2.93. The van der Waals surface area contributed by atoms with E-state index in [0.29, 0.717) is 16.4 Å². The monoisotopic (exact) mass is 365 g/mol. The van der Waals surface area contributed by atoms with Crippen molar-refractivity contribution in [1.29, 1.82) is 0 Å². The molecule has 0 bridgehead atoms. The van der Waals surface area contributed by atoms with E-state index in [4.69, 9.17) is 4.74 Å². The third kappa shape index (κ3) is 5.82. The number of ether oxygens (including phenoxy) is 1. The van der Waals surface area contributed by atoms with Crippen molar-refractivity contribution in [3.8, 4) is 11.3 Å². The molecular formula is C17H20FN3O3S. The largest absolute Gasteiger partial charge is 0.444 e. The van der Waals surface area contributed by atoms with E-state index in [0.717, 1.165) is 0 Å². The number of carbonyl (C=O) groups is 2. The van der Waals surface area contributed by atoms with Gasteiger partial charge in [0.05, 0.1) is 5.69 Å². The van der Waals surface area contributed by atoms with Gasteiger partial charge in [-0.05, 0) is 32.9 Å². The molecule has 0 fully saturated rings. The predicted molar refractivity (Wildman–Crippen MR) is 95.0 cm³/mol. The number of benzene rings is 1. The highest BCUT2D eigenvalue weighted by Gasteiger charge is 2.21. The Balaban J connectivity index is 1.94. The quantitative estimate of drug-likeness (QED) is 0.896. The molecule has 0 atom stereocenters. The second-order valence-corrected chi connectivity index (χ2v) is 7.29. The van der Waals surface area contributed by atoms with Crippen LogP contribution in [0.3, 0.4) is 0 Å². The molecule has 0 radical (unpaired) electrons. The Morgan fingerprint density at radius 2 is 2.08 bits per heavy atom. The maximum atomic E-state index is 13.3. The molecule has 0 unspecified atom stereocenters. The van der Waals surface area contributed by atoms with Crippen LogP contribution >= 0.6 is 11.3 Å². The van der Waals surface area contributed by atoms with E-state index < -0.39 is 17.6 Å². The van der Waals surface area contributed by atoms with Crippen LogP contribution in [0.1, 0.15) is 20.8 Å². The molecule has 6 nitrogen and oxygen atoms in total. The number of rotatable bonds is 4. The van der Waals surface area contributed by atoms with Gasteiger partial charge in [-0.1, -0.05) is 12.1 Å². The van der Waals surface area contributed by atoms with Crippen LogP contribution in [0.15, 0.2) is 29.6 Å². The Hall–Kier alpha value is -2.48. The van der Waals surface area contributed by atoms with Crippen LogP contribution in [0.2, 0.25) is 0 Å². The summed E-state index contributed by atoms with van der Waals surface area (Å²) in [7, 11) is 1.48. The molecule has 0 saturated carbocycles. The first-order valence-electron chi connectivity index (χ1n) is 7.59. The van der Waals surface area contributed by atoms with E-state index >= 15 is 0 Å². The number of halogens is 1. The molecule has 134 valence electrons. The molecule has 1 heterocycles.